The molecule has 1 atom stereocenters. The van der Waals surface area contributed by atoms with Crippen molar-refractivity contribution >= 4 is 11.8 Å². The zero-order chi connectivity index (χ0) is 10.8. The maximum Gasteiger partial charge on any atom is 0.261 e. The summed E-state index contributed by atoms with van der Waals surface area (Å²) in [4.78, 5) is 23.8. The smallest absolute Gasteiger partial charge is 0.261 e. The number of amides is 1. The van der Waals surface area contributed by atoms with Gasteiger partial charge in [0, 0.05) is 19.5 Å². The maximum atomic E-state index is 11.5. The van der Waals surface area contributed by atoms with Crippen molar-refractivity contribution in [3.05, 3.63) is 41.5 Å². The van der Waals surface area contributed by atoms with Crippen LogP contribution in [0.2, 0.25) is 0 Å². The Bertz CT molecular complexity index is 432. The van der Waals surface area contributed by atoms with E-state index in [1.165, 1.54) is 0 Å². The topological polar surface area (TPSA) is 37.4 Å². The highest BCUT2D eigenvalue weighted by molar-refractivity contribution is 6.04. The van der Waals surface area contributed by atoms with Crippen LogP contribution in [-0.2, 0) is 9.59 Å². The third kappa shape index (κ3) is 1.58. The molecule has 1 aromatic carbocycles. The minimum atomic E-state index is -0.209. The van der Waals surface area contributed by atoms with Crippen LogP contribution in [0.1, 0.15) is 11.5 Å². The second kappa shape index (κ2) is 3.71. The minimum absolute atomic E-state index is 0.124. The molecule has 0 spiro atoms. The molecule has 0 aromatic heterocycles. The molecule has 0 aliphatic carbocycles. The second-order valence-corrected chi connectivity index (χ2v) is 3.66. The zero-order valence-electron chi connectivity index (χ0n) is 8.43. The SMILES string of the molecule is CN1C[C@H](c2ccccc2)C(=C=O)C1=O. The molecule has 3 nitrogen and oxygen atoms in total. The average molecular weight is 201 g/mol. The lowest BCUT2D eigenvalue weighted by Gasteiger charge is -2.09. The molecule has 15 heavy (non-hydrogen) atoms. The number of nitrogens with zero attached hydrogens (tertiary/aromatic N) is 1. The number of hydrogen-bond donors (Lipinski definition) is 0. The van der Waals surface area contributed by atoms with Crippen molar-refractivity contribution in [3.8, 4) is 0 Å². The van der Waals surface area contributed by atoms with Gasteiger partial charge >= 0.3 is 0 Å². The van der Waals surface area contributed by atoms with Gasteiger partial charge in [-0.2, -0.15) is 0 Å². The summed E-state index contributed by atoms with van der Waals surface area (Å²) in [5.74, 6) is 1.43. The molecule has 1 aromatic rings. The summed E-state index contributed by atoms with van der Waals surface area (Å²) < 4.78 is 0. The Labute approximate surface area is 88.0 Å². The van der Waals surface area contributed by atoms with Gasteiger partial charge in [-0.3, -0.25) is 4.79 Å². The standard InChI is InChI=1S/C12H11NO2/c1-13-7-10(11(8-14)12(13)15)9-5-3-2-4-6-9/h2-6,10H,7H2,1H3/t10-/m1/s1. The van der Waals surface area contributed by atoms with Crippen molar-refractivity contribution in [2.24, 2.45) is 0 Å². The van der Waals surface area contributed by atoms with Gasteiger partial charge in [0.05, 0.1) is 0 Å². The van der Waals surface area contributed by atoms with Gasteiger partial charge < -0.3 is 4.90 Å². The highest BCUT2D eigenvalue weighted by atomic mass is 16.2. The van der Waals surface area contributed by atoms with E-state index in [2.05, 4.69) is 0 Å². The fraction of sp³-hybridized carbons (Fsp3) is 0.250. The Morgan fingerprint density at radius 3 is 2.60 bits per heavy atom. The maximum absolute atomic E-state index is 11.5. The molecule has 0 radical (unpaired) electrons. The van der Waals surface area contributed by atoms with E-state index in [-0.39, 0.29) is 17.4 Å². The first-order valence-electron chi connectivity index (χ1n) is 4.79. The van der Waals surface area contributed by atoms with Gasteiger partial charge in [-0.25, -0.2) is 4.79 Å². The van der Waals surface area contributed by atoms with Crippen molar-refractivity contribution < 1.29 is 9.59 Å². The van der Waals surface area contributed by atoms with Crippen LogP contribution in [0.25, 0.3) is 0 Å². The fourth-order valence-corrected chi connectivity index (χ4v) is 1.87. The van der Waals surface area contributed by atoms with Crippen LogP contribution in [0.3, 0.4) is 0 Å². The molecule has 76 valence electrons. The number of carbonyl (C=O) groups excluding carboxylic acids is 2. The van der Waals surface area contributed by atoms with Gasteiger partial charge in [-0.1, -0.05) is 30.3 Å². The van der Waals surface area contributed by atoms with E-state index in [0.29, 0.717) is 6.54 Å². The summed E-state index contributed by atoms with van der Waals surface area (Å²) in [6, 6.07) is 9.57. The molecule has 1 fully saturated rings. The zero-order valence-corrected chi connectivity index (χ0v) is 8.43. The van der Waals surface area contributed by atoms with Gasteiger partial charge in [-0.05, 0) is 5.56 Å². The van der Waals surface area contributed by atoms with Crippen molar-refractivity contribution in [1.29, 1.82) is 0 Å². The molecule has 0 unspecified atom stereocenters. The first kappa shape index (κ1) is 9.69. The van der Waals surface area contributed by atoms with E-state index in [1.54, 1.807) is 17.9 Å². The van der Waals surface area contributed by atoms with Crippen molar-refractivity contribution in [2.45, 2.75) is 5.92 Å². The van der Waals surface area contributed by atoms with E-state index in [1.807, 2.05) is 30.3 Å². The summed E-state index contributed by atoms with van der Waals surface area (Å²) >= 11 is 0. The van der Waals surface area contributed by atoms with Crippen molar-refractivity contribution in [1.82, 2.24) is 4.90 Å². The summed E-state index contributed by atoms with van der Waals surface area (Å²) in [6.45, 7) is 0.563. The van der Waals surface area contributed by atoms with Crippen LogP contribution in [0.4, 0.5) is 0 Å². The van der Waals surface area contributed by atoms with E-state index in [9.17, 15) is 9.59 Å². The second-order valence-electron chi connectivity index (χ2n) is 3.66. The average Bonchev–Trinajstić information content (AvgIpc) is 2.56. The molecule has 1 amide bonds. The number of likely N-dealkylation sites (tertiary alicyclic amines) is 1. The molecule has 2 rings (SSSR count). The highest BCUT2D eigenvalue weighted by Crippen LogP contribution is 2.30. The van der Waals surface area contributed by atoms with Crippen LogP contribution in [0.5, 0.6) is 0 Å². The summed E-state index contributed by atoms with van der Waals surface area (Å²) in [5.41, 5.74) is 1.23. The molecular formula is C12H11NO2. The number of hydrogen-bond acceptors (Lipinski definition) is 2. The summed E-state index contributed by atoms with van der Waals surface area (Å²) in [6.07, 6.45) is 0. The minimum Gasteiger partial charge on any atom is -0.340 e. The van der Waals surface area contributed by atoms with Crippen LogP contribution >= 0.6 is 0 Å². The van der Waals surface area contributed by atoms with Gasteiger partial charge in [-0.15, -0.1) is 0 Å². The van der Waals surface area contributed by atoms with Crippen LogP contribution in [0.15, 0.2) is 35.9 Å². The largest absolute Gasteiger partial charge is 0.340 e. The van der Waals surface area contributed by atoms with Crippen molar-refractivity contribution in [3.63, 3.8) is 0 Å². The molecule has 1 heterocycles. The lowest BCUT2D eigenvalue weighted by atomic mass is 9.95. The first-order valence-corrected chi connectivity index (χ1v) is 4.79. The van der Waals surface area contributed by atoms with E-state index in [0.717, 1.165) is 5.56 Å². The van der Waals surface area contributed by atoms with Gasteiger partial charge in [0.25, 0.3) is 5.91 Å². The lowest BCUT2D eigenvalue weighted by molar-refractivity contribution is -0.123. The highest BCUT2D eigenvalue weighted by Gasteiger charge is 2.34. The summed E-state index contributed by atoms with van der Waals surface area (Å²) in [7, 11) is 1.70. The molecule has 0 saturated carbocycles. The molecule has 0 bridgehead atoms. The normalized spacial score (nSPS) is 20.6. The quantitative estimate of drug-likeness (QED) is 0.502. The first-order chi connectivity index (χ1) is 7.24. The predicted octanol–water partition coefficient (Wildman–Crippen LogP) is 1.00. The molecular weight excluding hydrogens is 190 g/mol. The molecule has 1 aliphatic heterocycles. The van der Waals surface area contributed by atoms with Crippen LogP contribution < -0.4 is 0 Å². The van der Waals surface area contributed by atoms with Gasteiger partial charge in [0.15, 0.2) is 0 Å². The monoisotopic (exact) mass is 201 g/mol. The van der Waals surface area contributed by atoms with Gasteiger partial charge in [0.1, 0.15) is 11.5 Å². The molecule has 1 saturated heterocycles. The lowest BCUT2D eigenvalue weighted by Crippen LogP contribution is -2.19. The van der Waals surface area contributed by atoms with Crippen LogP contribution in [-0.4, -0.2) is 30.3 Å². The number of likely N-dealkylation sites (N-methyl/N-ethyl adjacent to an activating group) is 1. The Balaban J connectivity index is 2.40. The molecule has 1 aliphatic rings. The Kier molecular flexibility index (Phi) is 2.40. The fourth-order valence-electron chi connectivity index (χ4n) is 1.87. The van der Waals surface area contributed by atoms with E-state index in [4.69, 9.17) is 0 Å². The Hall–Kier alpha value is -1.86. The molecule has 0 N–H and O–H groups in total. The number of carbonyl (C=O) groups is 1. The van der Waals surface area contributed by atoms with Crippen LogP contribution in [0, 0.1) is 0 Å². The summed E-state index contributed by atoms with van der Waals surface area (Å²) in [5, 5.41) is 0. The third-order valence-corrected chi connectivity index (χ3v) is 2.69. The predicted molar refractivity (Wildman–Crippen MR) is 56.0 cm³/mol. The number of benzene rings is 1. The Morgan fingerprint density at radius 1 is 1.33 bits per heavy atom. The Morgan fingerprint density at radius 2 is 2.00 bits per heavy atom. The van der Waals surface area contributed by atoms with E-state index >= 15 is 0 Å². The van der Waals surface area contributed by atoms with E-state index < -0.39 is 0 Å². The molecule has 3 heteroatoms. The van der Waals surface area contributed by atoms with Crippen molar-refractivity contribution in [2.75, 3.05) is 13.6 Å². The van der Waals surface area contributed by atoms with Gasteiger partial charge in [0.2, 0.25) is 0 Å². The third-order valence-electron chi connectivity index (χ3n) is 2.69. The number of rotatable bonds is 1.